The van der Waals surface area contributed by atoms with Crippen molar-refractivity contribution in [3.8, 4) is 0 Å². The van der Waals surface area contributed by atoms with Crippen molar-refractivity contribution < 1.29 is 14.3 Å². The first-order valence-electron chi connectivity index (χ1n) is 9.60. The fourth-order valence-electron chi connectivity index (χ4n) is 3.68. The van der Waals surface area contributed by atoms with Gasteiger partial charge in [-0.3, -0.25) is 9.59 Å². The zero-order chi connectivity index (χ0) is 19.2. The van der Waals surface area contributed by atoms with Gasteiger partial charge in [0.2, 0.25) is 5.91 Å². The maximum absolute atomic E-state index is 13.1. The molecule has 1 N–H and O–H groups in total. The summed E-state index contributed by atoms with van der Waals surface area (Å²) in [5, 5.41) is 3.21. The largest absolute Gasteiger partial charge is 0.383 e. The minimum Gasteiger partial charge on any atom is -0.383 e. The van der Waals surface area contributed by atoms with Gasteiger partial charge < -0.3 is 15.0 Å². The van der Waals surface area contributed by atoms with Crippen molar-refractivity contribution in [3.63, 3.8) is 0 Å². The van der Waals surface area contributed by atoms with Crippen molar-refractivity contribution in [2.24, 2.45) is 0 Å². The second-order valence-corrected chi connectivity index (χ2v) is 8.48. The molecule has 146 valence electrons. The summed E-state index contributed by atoms with van der Waals surface area (Å²) in [5.74, 6) is -0.142. The van der Waals surface area contributed by atoms with E-state index >= 15 is 0 Å². The molecule has 1 aliphatic carbocycles. The van der Waals surface area contributed by atoms with Crippen molar-refractivity contribution in [3.05, 3.63) is 40.3 Å². The Balaban J connectivity index is 1.77. The number of hydrogen-bond acceptors (Lipinski definition) is 4. The predicted molar refractivity (Wildman–Crippen MR) is 109 cm³/mol. The molecule has 1 heterocycles. The van der Waals surface area contributed by atoms with E-state index in [2.05, 4.69) is 17.4 Å². The smallest absolute Gasteiger partial charge is 0.261 e. The first kappa shape index (κ1) is 20.0. The molecule has 5 nitrogen and oxygen atoms in total. The van der Waals surface area contributed by atoms with Gasteiger partial charge in [-0.25, -0.2) is 0 Å². The molecule has 6 heteroatoms. The molecule has 0 aromatic heterocycles. The number of aryl methyl sites for hydroxylation is 1. The van der Waals surface area contributed by atoms with Gasteiger partial charge in [0.25, 0.3) is 5.91 Å². The number of hydrogen-bond donors (Lipinski definition) is 1. The molecule has 1 aromatic carbocycles. The Morgan fingerprint density at radius 2 is 2.04 bits per heavy atom. The lowest BCUT2D eigenvalue weighted by Gasteiger charge is -2.43. The maximum atomic E-state index is 13.1. The fourth-order valence-corrected chi connectivity index (χ4v) is 5.15. The van der Waals surface area contributed by atoms with Crippen LogP contribution in [-0.4, -0.2) is 54.8 Å². The van der Waals surface area contributed by atoms with Crippen LogP contribution in [0.5, 0.6) is 0 Å². The molecule has 2 atom stereocenters. The van der Waals surface area contributed by atoms with Crippen LogP contribution in [0.15, 0.2) is 29.2 Å². The van der Waals surface area contributed by atoms with Gasteiger partial charge in [0.15, 0.2) is 0 Å². The minimum atomic E-state index is -0.119. The monoisotopic (exact) mass is 388 g/mol. The standard InChI is InChI=1S/C21H28N2O3S/c1-15-7-9-16(10-8-15)13-19-21(25)23(14-20(24)22-11-12-26-2)17-5-3-4-6-18(17)27-19/h7-10,13,17-18H,3-6,11-12,14H2,1-2H3,(H,22,24)/b19-13+. The lowest BCUT2D eigenvalue weighted by molar-refractivity contribution is -0.135. The van der Waals surface area contributed by atoms with Crippen molar-refractivity contribution >= 4 is 29.7 Å². The Morgan fingerprint density at radius 1 is 1.30 bits per heavy atom. The van der Waals surface area contributed by atoms with E-state index in [0.29, 0.717) is 18.4 Å². The van der Waals surface area contributed by atoms with E-state index in [1.807, 2.05) is 25.1 Å². The summed E-state index contributed by atoms with van der Waals surface area (Å²) in [6, 6.07) is 8.32. The average molecular weight is 389 g/mol. The van der Waals surface area contributed by atoms with E-state index < -0.39 is 0 Å². The Morgan fingerprint density at radius 3 is 2.78 bits per heavy atom. The first-order valence-corrected chi connectivity index (χ1v) is 10.5. The first-order chi connectivity index (χ1) is 13.1. The van der Waals surface area contributed by atoms with Gasteiger partial charge in [-0.15, -0.1) is 11.8 Å². The molecule has 1 aromatic rings. The molecule has 2 fully saturated rings. The molecule has 0 spiro atoms. The summed E-state index contributed by atoms with van der Waals surface area (Å²) >= 11 is 1.69. The van der Waals surface area contributed by atoms with Gasteiger partial charge in [-0.1, -0.05) is 42.7 Å². The van der Waals surface area contributed by atoms with Crippen molar-refractivity contribution in [2.45, 2.75) is 43.9 Å². The van der Waals surface area contributed by atoms with Crippen LogP contribution in [0, 0.1) is 6.92 Å². The van der Waals surface area contributed by atoms with Gasteiger partial charge in [-0.2, -0.15) is 0 Å². The van der Waals surface area contributed by atoms with Crippen LogP contribution < -0.4 is 5.32 Å². The number of methoxy groups -OCH3 is 1. The number of rotatable bonds is 6. The second-order valence-electron chi connectivity index (χ2n) is 7.20. The highest BCUT2D eigenvalue weighted by Crippen LogP contribution is 2.42. The number of carbonyl (C=O) groups excluding carboxylic acids is 2. The van der Waals surface area contributed by atoms with Gasteiger partial charge in [-0.05, 0) is 31.4 Å². The summed E-state index contributed by atoms with van der Waals surface area (Å²) < 4.78 is 4.97. The highest BCUT2D eigenvalue weighted by atomic mass is 32.2. The topological polar surface area (TPSA) is 58.6 Å². The van der Waals surface area contributed by atoms with Gasteiger partial charge >= 0.3 is 0 Å². The molecule has 2 unspecified atom stereocenters. The zero-order valence-electron chi connectivity index (χ0n) is 16.1. The number of fused-ring (bicyclic) bond motifs is 1. The summed E-state index contributed by atoms with van der Waals surface area (Å²) in [6.07, 6.45) is 6.34. The Bertz CT molecular complexity index is 702. The molecule has 0 radical (unpaired) electrons. The molecule has 2 aliphatic rings. The molecular weight excluding hydrogens is 360 g/mol. The number of thioether (sulfide) groups is 1. The summed E-state index contributed by atoms with van der Waals surface area (Å²) in [7, 11) is 1.60. The third-order valence-corrected chi connectivity index (χ3v) is 6.53. The van der Waals surface area contributed by atoms with Crippen LogP contribution in [0.4, 0.5) is 0 Å². The second kappa shape index (κ2) is 9.42. The summed E-state index contributed by atoms with van der Waals surface area (Å²) in [6.45, 7) is 3.11. The van der Waals surface area contributed by atoms with Crippen LogP contribution >= 0.6 is 11.8 Å². The lowest BCUT2D eigenvalue weighted by atomic mass is 9.93. The Kier molecular flexibility index (Phi) is 6.96. The van der Waals surface area contributed by atoms with E-state index in [9.17, 15) is 9.59 Å². The normalized spacial score (nSPS) is 24.0. The molecule has 3 rings (SSSR count). The predicted octanol–water partition coefficient (Wildman–Crippen LogP) is 2.99. The number of nitrogens with one attached hydrogen (secondary N) is 1. The van der Waals surface area contributed by atoms with Crippen LogP contribution in [0.2, 0.25) is 0 Å². The summed E-state index contributed by atoms with van der Waals surface area (Å²) in [5.41, 5.74) is 2.22. The van der Waals surface area contributed by atoms with Crippen LogP contribution in [0.25, 0.3) is 6.08 Å². The fraction of sp³-hybridized carbons (Fsp3) is 0.524. The van der Waals surface area contributed by atoms with E-state index in [-0.39, 0.29) is 24.4 Å². The zero-order valence-corrected chi connectivity index (χ0v) is 16.9. The number of nitrogens with zero attached hydrogens (tertiary/aromatic N) is 1. The van der Waals surface area contributed by atoms with Crippen LogP contribution in [0.3, 0.4) is 0 Å². The van der Waals surface area contributed by atoms with Crippen molar-refractivity contribution in [1.29, 1.82) is 0 Å². The Hall–Kier alpha value is -1.79. The van der Waals surface area contributed by atoms with E-state index in [0.717, 1.165) is 29.7 Å². The van der Waals surface area contributed by atoms with Gasteiger partial charge in [0, 0.05) is 24.9 Å². The Labute approximate surface area is 165 Å². The van der Waals surface area contributed by atoms with Crippen LogP contribution in [-0.2, 0) is 14.3 Å². The van der Waals surface area contributed by atoms with Crippen molar-refractivity contribution in [1.82, 2.24) is 10.2 Å². The lowest BCUT2D eigenvalue weighted by Crippen LogP contribution is -2.54. The number of benzene rings is 1. The number of amides is 2. The summed E-state index contributed by atoms with van der Waals surface area (Å²) in [4.78, 5) is 28.0. The van der Waals surface area contributed by atoms with E-state index in [4.69, 9.17) is 4.74 Å². The van der Waals surface area contributed by atoms with Gasteiger partial charge in [0.05, 0.1) is 11.5 Å². The van der Waals surface area contributed by atoms with E-state index in [1.165, 1.54) is 12.0 Å². The molecule has 1 saturated carbocycles. The highest BCUT2D eigenvalue weighted by Gasteiger charge is 2.41. The SMILES string of the molecule is COCCNC(=O)CN1C(=O)/C(=C\c2ccc(C)cc2)SC2CCCCC21. The molecule has 27 heavy (non-hydrogen) atoms. The third-order valence-electron chi connectivity index (χ3n) is 5.14. The maximum Gasteiger partial charge on any atom is 0.261 e. The average Bonchev–Trinajstić information content (AvgIpc) is 2.67. The molecule has 1 aliphatic heterocycles. The number of carbonyl (C=O) groups is 2. The molecule has 0 bridgehead atoms. The molecule has 2 amide bonds. The number of ether oxygens (including phenoxy) is 1. The quantitative estimate of drug-likeness (QED) is 0.601. The van der Waals surface area contributed by atoms with Crippen LogP contribution in [0.1, 0.15) is 36.8 Å². The van der Waals surface area contributed by atoms with Crippen molar-refractivity contribution in [2.75, 3.05) is 26.8 Å². The third kappa shape index (κ3) is 5.14. The van der Waals surface area contributed by atoms with E-state index in [1.54, 1.807) is 23.8 Å². The molecule has 1 saturated heterocycles. The molecular formula is C21H28N2O3S. The minimum absolute atomic E-state index is 0.0226. The van der Waals surface area contributed by atoms with Gasteiger partial charge in [0.1, 0.15) is 6.54 Å². The highest BCUT2D eigenvalue weighted by molar-refractivity contribution is 8.04.